The third kappa shape index (κ3) is 5.31. The number of piperazine rings is 1. The van der Waals surface area contributed by atoms with E-state index in [1.807, 2.05) is 54.3 Å². The maximum Gasteiger partial charge on any atom is 0.237 e. The number of nitrogens with zero attached hydrogens (tertiary/aromatic N) is 3. The summed E-state index contributed by atoms with van der Waals surface area (Å²) < 4.78 is 0. The highest BCUT2D eigenvalue weighted by Gasteiger charge is 2.37. The third-order valence-electron chi connectivity index (χ3n) is 6.56. The van der Waals surface area contributed by atoms with Crippen molar-refractivity contribution in [3.63, 3.8) is 0 Å². The predicted molar refractivity (Wildman–Crippen MR) is 120 cm³/mol. The number of amides is 2. The van der Waals surface area contributed by atoms with Crippen molar-refractivity contribution in [3.05, 3.63) is 65.5 Å². The third-order valence-corrected chi connectivity index (χ3v) is 6.56. The van der Waals surface area contributed by atoms with Gasteiger partial charge in [0.15, 0.2) is 0 Å². The Labute approximate surface area is 184 Å². The van der Waals surface area contributed by atoms with Crippen LogP contribution in [0, 0.1) is 6.92 Å². The van der Waals surface area contributed by atoms with Crippen LogP contribution < -0.4 is 5.32 Å². The number of aryl methyl sites for hydroxylation is 1. The van der Waals surface area contributed by atoms with Gasteiger partial charge in [0.1, 0.15) is 0 Å². The lowest BCUT2D eigenvalue weighted by molar-refractivity contribution is -0.140. The summed E-state index contributed by atoms with van der Waals surface area (Å²) in [4.78, 5) is 34.9. The Morgan fingerprint density at radius 3 is 2.65 bits per heavy atom. The fraction of sp³-hybridized carbons (Fsp3) is 0.480. The molecule has 2 aromatic rings. The second kappa shape index (κ2) is 10.1. The van der Waals surface area contributed by atoms with Crippen molar-refractivity contribution in [1.82, 2.24) is 20.1 Å². The maximum absolute atomic E-state index is 13.5. The minimum absolute atomic E-state index is 0.000969. The number of benzene rings is 1. The number of aromatic nitrogens is 1. The molecular formula is C25H32N4O2. The van der Waals surface area contributed by atoms with E-state index < -0.39 is 0 Å². The number of carbonyl (C=O) groups excluding carboxylic acids is 2. The summed E-state index contributed by atoms with van der Waals surface area (Å²) in [6.45, 7) is 4.46. The Morgan fingerprint density at radius 2 is 1.90 bits per heavy atom. The topological polar surface area (TPSA) is 65.5 Å². The molecule has 1 aromatic carbocycles. The van der Waals surface area contributed by atoms with Crippen LogP contribution in [0.3, 0.4) is 0 Å². The highest BCUT2D eigenvalue weighted by Crippen LogP contribution is 2.27. The maximum atomic E-state index is 13.5. The lowest BCUT2D eigenvalue weighted by Gasteiger charge is -2.39. The number of pyridine rings is 1. The molecule has 6 nitrogen and oxygen atoms in total. The Bertz CT molecular complexity index is 895. The standard InChI is InChI=1S/C25H32N4O2/c1-19-8-7-13-26-22(19)18-28(17-20-9-3-2-4-10-20)24(30)16-23-25(31)27-14-15-29(23)21-11-5-6-12-21/h2-4,7-10,13,21,23H,5-6,11-12,14-18H2,1H3,(H,27,31). The van der Waals surface area contributed by atoms with E-state index in [2.05, 4.69) is 15.2 Å². The van der Waals surface area contributed by atoms with Gasteiger partial charge in [0, 0.05) is 31.9 Å². The minimum Gasteiger partial charge on any atom is -0.353 e. The molecule has 1 saturated carbocycles. The van der Waals surface area contributed by atoms with Crippen LogP contribution in [0.5, 0.6) is 0 Å². The van der Waals surface area contributed by atoms with E-state index >= 15 is 0 Å². The zero-order chi connectivity index (χ0) is 21.6. The lowest BCUT2D eigenvalue weighted by Crippen LogP contribution is -2.59. The summed E-state index contributed by atoms with van der Waals surface area (Å²) in [5.41, 5.74) is 3.04. The van der Waals surface area contributed by atoms with Crippen molar-refractivity contribution < 1.29 is 9.59 Å². The van der Waals surface area contributed by atoms with Crippen LogP contribution in [0.2, 0.25) is 0 Å². The predicted octanol–water partition coefficient (Wildman–Crippen LogP) is 3.05. The van der Waals surface area contributed by atoms with E-state index in [-0.39, 0.29) is 24.3 Å². The van der Waals surface area contributed by atoms with Gasteiger partial charge in [-0.15, -0.1) is 0 Å². The summed E-state index contributed by atoms with van der Waals surface area (Å²) in [6, 6.07) is 14.0. The summed E-state index contributed by atoms with van der Waals surface area (Å²) in [5.74, 6) is -0.0147. The van der Waals surface area contributed by atoms with Gasteiger partial charge in [-0.3, -0.25) is 19.5 Å². The SMILES string of the molecule is Cc1cccnc1CN(Cc1ccccc1)C(=O)CC1C(=O)NCCN1C1CCCC1. The molecule has 2 amide bonds. The van der Waals surface area contributed by atoms with Crippen LogP contribution in [-0.2, 0) is 22.7 Å². The Kier molecular flexibility index (Phi) is 6.97. The molecule has 1 aliphatic carbocycles. The van der Waals surface area contributed by atoms with Gasteiger partial charge in [-0.2, -0.15) is 0 Å². The first kappa shape index (κ1) is 21.5. The fourth-order valence-corrected chi connectivity index (χ4v) is 4.81. The fourth-order valence-electron chi connectivity index (χ4n) is 4.81. The first-order chi connectivity index (χ1) is 15.1. The number of hydrogen-bond donors (Lipinski definition) is 1. The van der Waals surface area contributed by atoms with Crippen LogP contribution in [0.15, 0.2) is 48.7 Å². The monoisotopic (exact) mass is 420 g/mol. The quantitative estimate of drug-likeness (QED) is 0.748. The minimum atomic E-state index is -0.382. The van der Waals surface area contributed by atoms with Crippen molar-refractivity contribution in [2.45, 2.75) is 64.2 Å². The van der Waals surface area contributed by atoms with Gasteiger partial charge in [-0.1, -0.05) is 49.2 Å². The van der Waals surface area contributed by atoms with Crippen LogP contribution in [0.1, 0.15) is 48.9 Å². The van der Waals surface area contributed by atoms with Crippen molar-refractivity contribution in [1.29, 1.82) is 0 Å². The summed E-state index contributed by atoms with van der Waals surface area (Å²) in [7, 11) is 0. The number of hydrogen-bond acceptors (Lipinski definition) is 4. The summed E-state index contributed by atoms with van der Waals surface area (Å²) in [5, 5.41) is 2.97. The van der Waals surface area contributed by atoms with E-state index in [0.29, 0.717) is 25.7 Å². The first-order valence-electron chi connectivity index (χ1n) is 11.4. The van der Waals surface area contributed by atoms with Gasteiger partial charge in [0.05, 0.1) is 24.7 Å². The molecule has 2 aliphatic rings. The van der Waals surface area contributed by atoms with Crippen molar-refractivity contribution >= 4 is 11.8 Å². The first-order valence-corrected chi connectivity index (χ1v) is 11.4. The number of carbonyl (C=O) groups is 2. The highest BCUT2D eigenvalue weighted by atomic mass is 16.2. The molecule has 1 unspecified atom stereocenters. The molecule has 2 fully saturated rings. The number of nitrogens with one attached hydrogen (secondary N) is 1. The molecule has 0 bridgehead atoms. The Balaban J connectivity index is 1.53. The molecular weight excluding hydrogens is 388 g/mol. The van der Waals surface area contributed by atoms with Crippen LogP contribution >= 0.6 is 0 Å². The van der Waals surface area contributed by atoms with Gasteiger partial charge < -0.3 is 10.2 Å². The molecule has 1 atom stereocenters. The van der Waals surface area contributed by atoms with E-state index in [0.717, 1.165) is 36.2 Å². The van der Waals surface area contributed by atoms with Crippen LogP contribution in [0.25, 0.3) is 0 Å². The average molecular weight is 421 g/mol. The molecule has 2 heterocycles. The van der Waals surface area contributed by atoms with E-state index in [9.17, 15) is 9.59 Å². The summed E-state index contributed by atoms with van der Waals surface area (Å²) in [6.07, 6.45) is 6.65. The molecule has 0 spiro atoms. The molecule has 164 valence electrons. The van der Waals surface area contributed by atoms with Crippen LogP contribution in [0.4, 0.5) is 0 Å². The van der Waals surface area contributed by atoms with Crippen molar-refractivity contribution in [3.8, 4) is 0 Å². The van der Waals surface area contributed by atoms with Crippen molar-refractivity contribution in [2.75, 3.05) is 13.1 Å². The normalized spacial score (nSPS) is 19.9. The smallest absolute Gasteiger partial charge is 0.237 e. The van der Waals surface area contributed by atoms with E-state index in [1.165, 1.54) is 12.8 Å². The largest absolute Gasteiger partial charge is 0.353 e. The van der Waals surface area contributed by atoms with E-state index in [4.69, 9.17) is 0 Å². The zero-order valence-electron chi connectivity index (χ0n) is 18.3. The zero-order valence-corrected chi connectivity index (χ0v) is 18.3. The Morgan fingerprint density at radius 1 is 1.13 bits per heavy atom. The lowest BCUT2D eigenvalue weighted by atomic mass is 10.0. The van der Waals surface area contributed by atoms with Crippen LogP contribution in [-0.4, -0.2) is 51.8 Å². The second-order valence-corrected chi connectivity index (χ2v) is 8.69. The highest BCUT2D eigenvalue weighted by molar-refractivity contribution is 5.89. The van der Waals surface area contributed by atoms with Gasteiger partial charge in [-0.25, -0.2) is 0 Å². The van der Waals surface area contributed by atoms with Gasteiger partial charge >= 0.3 is 0 Å². The molecule has 1 aliphatic heterocycles. The molecule has 1 aromatic heterocycles. The molecule has 4 rings (SSSR count). The van der Waals surface area contributed by atoms with Gasteiger partial charge in [-0.05, 0) is 37.0 Å². The molecule has 0 radical (unpaired) electrons. The Hall–Kier alpha value is -2.73. The molecule has 1 saturated heterocycles. The van der Waals surface area contributed by atoms with Crippen molar-refractivity contribution in [2.24, 2.45) is 0 Å². The second-order valence-electron chi connectivity index (χ2n) is 8.69. The molecule has 31 heavy (non-hydrogen) atoms. The molecule has 6 heteroatoms. The van der Waals surface area contributed by atoms with Gasteiger partial charge in [0.25, 0.3) is 0 Å². The number of rotatable bonds is 7. The average Bonchev–Trinajstić information content (AvgIpc) is 3.31. The van der Waals surface area contributed by atoms with E-state index in [1.54, 1.807) is 6.20 Å². The summed E-state index contributed by atoms with van der Waals surface area (Å²) >= 11 is 0. The van der Waals surface area contributed by atoms with Gasteiger partial charge in [0.2, 0.25) is 11.8 Å². The molecule has 1 N–H and O–H groups in total.